The summed E-state index contributed by atoms with van der Waals surface area (Å²) in [6.07, 6.45) is 2.02. The Morgan fingerprint density at radius 2 is 2.03 bits per heavy atom. The predicted molar refractivity (Wildman–Crippen MR) is 144 cm³/mol. The first-order chi connectivity index (χ1) is 18.2. The van der Waals surface area contributed by atoms with Crippen LogP contribution < -0.4 is 10.6 Å². The summed E-state index contributed by atoms with van der Waals surface area (Å²) in [5, 5.41) is 10.5. The van der Waals surface area contributed by atoms with Crippen LogP contribution in [0.15, 0.2) is 28.0 Å². The van der Waals surface area contributed by atoms with Crippen molar-refractivity contribution < 1.29 is 22.7 Å². The molecule has 0 aromatic carbocycles. The first kappa shape index (κ1) is 31.4. The van der Waals surface area contributed by atoms with E-state index in [2.05, 4.69) is 49.3 Å². The van der Waals surface area contributed by atoms with Crippen molar-refractivity contribution in [2.24, 2.45) is 9.98 Å². The maximum atomic E-state index is 13.7. The van der Waals surface area contributed by atoms with E-state index in [4.69, 9.17) is 4.74 Å². The SMILES string of the molecule is C=N/C=C(\C(=NCNc1cn(C2CCN(C)CC2)nc1C)NCCCN(C)CCCOCC=O)C(F)(F)F. The summed E-state index contributed by atoms with van der Waals surface area (Å²) < 4.78 is 48.2. The van der Waals surface area contributed by atoms with Crippen LogP contribution in [0.2, 0.25) is 0 Å². The second kappa shape index (κ2) is 16.2. The van der Waals surface area contributed by atoms with Gasteiger partial charge in [-0.1, -0.05) is 0 Å². The minimum atomic E-state index is -4.64. The third-order valence-electron chi connectivity index (χ3n) is 6.29. The number of piperidine rings is 1. The Labute approximate surface area is 223 Å². The van der Waals surface area contributed by atoms with Crippen molar-refractivity contribution >= 4 is 24.5 Å². The lowest BCUT2D eigenvalue weighted by Crippen LogP contribution is -2.34. The number of aromatic nitrogens is 2. The highest BCUT2D eigenvalue weighted by molar-refractivity contribution is 5.99. The number of likely N-dealkylation sites (tertiary alicyclic amines) is 1. The Bertz CT molecular complexity index is 924. The zero-order valence-electron chi connectivity index (χ0n) is 22.6. The first-order valence-corrected chi connectivity index (χ1v) is 12.9. The Kier molecular flexibility index (Phi) is 13.4. The number of hydrogen-bond acceptors (Lipinski definition) is 8. The van der Waals surface area contributed by atoms with Gasteiger partial charge in [0.05, 0.1) is 17.4 Å². The van der Waals surface area contributed by atoms with Gasteiger partial charge < -0.3 is 30.0 Å². The fourth-order valence-electron chi connectivity index (χ4n) is 4.14. The Morgan fingerprint density at radius 3 is 2.68 bits per heavy atom. The van der Waals surface area contributed by atoms with Crippen LogP contribution in [0.4, 0.5) is 18.9 Å². The summed E-state index contributed by atoms with van der Waals surface area (Å²) in [6, 6.07) is 0.307. The van der Waals surface area contributed by atoms with Crippen molar-refractivity contribution in [3.05, 3.63) is 23.7 Å². The normalized spacial score (nSPS) is 16.2. The predicted octanol–water partition coefficient (Wildman–Crippen LogP) is 2.89. The van der Waals surface area contributed by atoms with Crippen molar-refractivity contribution in [1.29, 1.82) is 0 Å². The van der Waals surface area contributed by atoms with Crippen LogP contribution in [-0.2, 0) is 9.53 Å². The van der Waals surface area contributed by atoms with Crippen LogP contribution in [0, 0.1) is 6.92 Å². The van der Waals surface area contributed by atoms with E-state index in [9.17, 15) is 18.0 Å². The van der Waals surface area contributed by atoms with Crippen molar-refractivity contribution in [1.82, 2.24) is 24.9 Å². The topological polar surface area (TPSA) is 99.4 Å². The van der Waals surface area contributed by atoms with Gasteiger partial charge in [0.2, 0.25) is 0 Å². The lowest BCUT2D eigenvalue weighted by molar-refractivity contribution is -0.111. The molecule has 38 heavy (non-hydrogen) atoms. The van der Waals surface area contributed by atoms with E-state index in [0.717, 1.165) is 50.3 Å². The number of aliphatic imine (C=N–C) groups is 2. The molecule has 10 nitrogen and oxygen atoms in total. The van der Waals surface area contributed by atoms with Crippen molar-refractivity contribution in [2.45, 2.75) is 44.8 Å². The summed E-state index contributed by atoms with van der Waals surface area (Å²) in [4.78, 5) is 22.1. The molecule has 2 rings (SSSR count). The summed E-state index contributed by atoms with van der Waals surface area (Å²) in [5.41, 5.74) is 0.534. The maximum Gasteiger partial charge on any atom is 0.421 e. The molecular formula is C25H41F3N8O2. The number of carbonyl (C=O) groups excluding carboxylic acids is 1. The molecule has 1 saturated heterocycles. The molecular weight excluding hydrogens is 501 g/mol. The van der Waals surface area contributed by atoms with E-state index in [1.54, 1.807) is 0 Å². The van der Waals surface area contributed by atoms with Crippen LogP contribution in [0.1, 0.15) is 37.4 Å². The molecule has 0 unspecified atom stereocenters. The number of ether oxygens (including phenoxy) is 1. The van der Waals surface area contributed by atoms with E-state index < -0.39 is 11.7 Å². The second-order valence-corrected chi connectivity index (χ2v) is 9.39. The van der Waals surface area contributed by atoms with Crippen molar-refractivity contribution in [3.63, 3.8) is 0 Å². The van der Waals surface area contributed by atoms with E-state index in [0.29, 0.717) is 44.6 Å². The van der Waals surface area contributed by atoms with Gasteiger partial charge in [-0.3, -0.25) is 9.67 Å². The van der Waals surface area contributed by atoms with Crippen LogP contribution in [0.3, 0.4) is 0 Å². The Balaban J connectivity index is 1.96. The molecule has 0 bridgehead atoms. The lowest BCUT2D eigenvalue weighted by Gasteiger charge is -2.28. The van der Waals surface area contributed by atoms with Gasteiger partial charge in [0.25, 0.3) is 0 Å². The Morgan fingerprint density at radius 1 is 1.32 bits per heavy atom. The number of nitrogens with zero attached hydrogens (tertiary/aromatic N) is 6. The van der Waals surface area contributed by atoms with Gasteiger partial charge in [-0.2, -0.15) is 18.3 Å². The average molecular weight is 543 g/mol. The van der Waals surface area contributed by atoms with Crippen molar-refractivity contribution in [2.75, 3.05) is 72.0 Å². The third kappa shape index (κ3) is 10.9. The highest BCUT2D eigenvalue weighted by Gasteiger charge is 2.37. The van der Waals surface area contributed by atoms with Crippen LogP contribution in [-0.4, -0.2) is 111 Å². The number of rotatable bonds is 16. The number of anilines is 1. The number of halogens is 3. The largest absolute Gasteiger partial charge is 0.421 e. The summed E-state index contributed by atoms with van der Waals surface area (Å²) >= 11 is 0. The second-order valence-electron chi connectivity index (χ2n) is 9.39. The smallest absolute Gasteiger partial charge is 0.374 e. The van der Waals surface area contributed by atoms with Crippen LogP contribution in [0.25, 0.3) is 0 Å². The number of amidine groups is 1. The summed E-state index contributed by atoms with van der Waals surface area (Å²) in [7, 11) is 4.02. The highest BCUT2D eigenvalue weighted by Crippen LogP contribution is 2.27. The molecule has 0 saturated carbocycles. The van der Waals surface area contributed by atoms with Gasteiger partial charge in [-0.25, -0.2) is 4.99 Å². The fraction of sp³-hybridized carbons (Fsp3) is 0.680. The molecule has 0 aliphatic carbocycles. The molecule has 214 valence electrons. The molecule has 1 fully saturated rings. The monoisotopic (exact) mass is 542 g/mol. The number of alkyl halides is 3. The zero-order chi connectivity index (χ0) is 28.0. The molecule has 13 heteroatoms. The molecule has 0 amide bonds. The quantitative estimate of drug-likeness (QED) is 0.143. The van der Waals surface area contributed by atoms with Crippen molar-refractivity contribution in [3.8, 4) is 0 Å². The number of nitrogens with one attached hydrogen (secondary N) is 2. The molecule has 2 N–H and O–H groups in total. The summed E-state index contributed by atoms with van der Waals surface area (Å²) in [6.45, 7) is 9.27. The van der Waals surface area contributed by atoms with E-state index in [-0.39, 0.29) is 19.1 Å². The maximum absolute atomic E-state index is 13.7. The van der Waals surface area contributed by atoms with Gasteiger partial charge in [-0.15, -0.1) is 0 Å². The summed E-state index contributed by atoms with van der Waals surface area (Å²) in [5.74, 6) is -0.289. The molecule has 0 spiro atoms. The molecule has 0 radical (unpaired) electrons. The standard InChI is InChI=1S/C25H41F3N8O2/c1-20-23(18-36(33-20)21-7-12-35(4)13-8-21)31-19-32-24(22(17-29-2)25(26,27)28)30-9-5-10-34(3)11-6-15-38-16-14-37/h14,17-18,21,31H,2,5-13,15-16,19H2,1,3-4H3,(H,30,32)/b22-17+. The average Bonchev–Trinajstić information content (AvgIpc) is 3.24. The molecule has 1 aliphatic heterocycles. The number of aldehydes is 1. The van der Waals surface area contributed by atoms with E-state index >= 15 is 0 Å². The van der Waals surface area contributed by atoms with Gasteiger partial charge in [0.1, 0.15) is 31.0 Å². The van der Waals surface area contributed by atoms with Gasteiger partial charge in [0, 0.05) is 32.1 Å². The minimum Gasteiger partial charge on any atom is -0.374 e. The van der Waals surface area contributed by atoms with Gasteiger partial charge >= 0.3 is 6.18 Å². The number of hydrogen-bond donors (Lipinski definition) is 2. The number of carbonyl (C=O) groups is 1. The van der Waals surface area contributed by atoms with Crippen LogP contribution in [0.5, 0.6) is 0 Å². The van der Waals surface area contributed by atoms with Crippen LogP contribution >= 0.6 is 0 Å². The van der Waals surface area contributed by atoms with E-state index in [1.165, 1.54) is 0 Å². The molecule has 1 aromatic heterocycles. The lowest BCUT2D eigenvalue weighted by atomic mass is 10.1. The minimum absolute atomic E-state index is 0.0620. The highest BCUT2D eigenvalue weighted by atomic mass is 19.4. The molecule has 1 aliphatic rings. The van der Waals surface area contributed by atoms with E-state index in [1.807, 2.05) is 24.9 Å². The number of aryl methyl sites for hydroxylation is 1. The molecule has 0 atom stereocenters. The van der Waals surface area contributed by atoms with Gasteiger partial charge in [0.15, 0.2) is 0 Å². The third-order valence-corrected chi connectivity index (χ3v) is 6.29. The molecule has 1 aromatic rings. The van der Waals surface area contributed by atoms with Gasteiger partial charge in [-0.05, 0) is 73.1 Å². The molecule has 2 heterocycles. The zero-order valence-corrected chi connectivity index (χ0v) is 22.6. The fourth-order valence-corrected chi connectivity index (χ4v) is 4.14. The Hall–Kier alpha value is -2.77. The first-order valence-electron chi connectivity index (χ1n) is 12.9.